The van der Waals surface area contributed by atoms with E-state index in [0.29, 0.717) is 0 Å². The molecule has 1 aliphatic rings. The van der Waals surface area contributed by atoms with E-state index in [1.165, 1.54) is 4.90 Å². The average molecular weight is 248 g/mol. The Morgan fingerprint density at radius 3 is 2.69 bits per heavy atom. The molecule has 1 N–H and O–H groups in total. The van der Waals surface area contributed by atoms with Gasteiger partial charge in [-0.1, -0.05) is 30.4 Å². The first kappa shape index (κ1) is 11.7. The first-order valence-electron chi connectivity index (χ1n) is 5.28. The smallest absolute Gasteiger partial charge is 0.0764 e. The normalized spacial score (nSPS) is 14.4. The molecular weight excluding hydrogens is 234 g/mol. The lowest BCUT2D eigenvalue weighted by Crippen LogP contribution is -2.13. The SMILES string of the molecule is [C]1=C(SCCSc2ccccc2)NCC=C1. The molecule has 1 heterocycles. The fourth-order valence-corrected chi connectivity index (χ4v) is 3.10. The Morgan fingerprint density at radius 2 is 1.94 bits per heavy atom. The molecule has 1 aromatic carbocycles. The van der Waals surface area contributed by atoms with Crippen LogP contribution in [0, 0.1) is 6.08 Å². The first-order valence-corrected chi connectivity index (χ1v) is 7.25. The van der Waals surface area contributed by atoms with E-state index in [1.807, 2.05) is 29.6 Å². The van der Waals surface area contributed by atoms with Gasteiger partial charge in [-0.3, -0.25) is 0 Å². The van der Waals surface area contributed by atoms with Gasteiger partial charge in [-0.25, -0.2) is 0 Å². The molecule has 0 fully saturated rings. The van der Waals surface area contributed by atoms with Crippen LogP contribution in [0.4, 0.5) is 0 Å². The molecule has 3 heteroatoms. The quantitative estimate of drug-likeness (QED) is 0.634. The molecule has 1 aliphatic heterocycles. The zero-order valence-corrected chi connectivity index (χ0v) is 10.6. The lowest BCUT2D eigenvalue weighted by atomic mass is 10.4. The number of hydrogen-bond donors (Lipinski definition) is 1. The Hall–Kier alpha value is -0.800. The number of rotatable bonds is 5. The third-order valence-electron chi connectivity index (χ3n) is 2.05. The minimum absolute atomic E-state index is 0.932. The van der Waals surface area contributed by atoms with E-state index in [-0.39, 0.29) is 0 Å². The summed E-state index contributed by atoms with van der Waals surface area (Å²) < 4.78 is 0. The van der Waals surface area contributed by atoms with Gasteiger partial charge in [0.25, 0.3) is 0 Å². The van der Waals surface area contributed by atoms with Crippen LogP contribution in [-0.4, -0.2) is 18.1 Å². The van der Waals surface area contributed by atoms with Crippen molar-refractivity contribution in [3.05, 3.63) is 53.6 Å². The molecule has 1 nitrogen and oxygen atoms in total. The van der Waals surface area contributed by atoms with Crippen LogP contribution in [0.1, 0.15) is 0 Å². The zero-order valence-electron chi connectivity index (χ0n) is 8.98. The maximum Gasteiger partial charge on any atom is 0.0764 e. The van der Waals surface area contributed by atoms with Gasteiger partial charge in [0.15, 0.2) is 0 Å². The minimum Gasteiger partial charge on any atom is -0.376 e. The molecule has 16 heavy (non-hydrogen) atoms. The topological polar surface area (TPSA) is 12.0 Å². The van der Waals surface area contributed by atoms with Crippen LogP contribution in [0.25, 0.3) is 0 Å². The maximum atomic E-state index is 3.29. The summed E-state index contributed by atoms with van der Waals surface area (Å²) in [7, 11) is 0. The molecule has 0 saturated heterocycles. The molecule has 83 valence electrons. The largest absolute Gasteiger partial charge is 0.376 e. The van der Waals surface area contributed by atoms with Crippen LogP contribution in [0.3, 0.4) is 0 Å². The monoisotopic (exact) mass is 248 g/mol. The molecule has 0 saturated carbocycles. The lowest BCUT2D eigenvalue weighted by Gasteiger charge is -2.10. The Labute approximate surface area is 105 Å². The van der Waals surface area contributed by atoms with Gasteiger partial charge in [0, 0.05) is 29.0 Å². The highest BCUT2D eigenvalue weighted by atomic mass is 32.2. The van der Waals surface area contributed by atoms with Gasteiger partial charge in [0.1, 0.15) is 0 Å². The molecule has 0 aliphatic carbocycles. The van der Waals surface area contributed by atoms with Crippen molar-refractivity contribution in [3.63, 3.8) is 0 Å². The van der Waals surface area contributed by atoms with Crippen LogP contribution in [0.15, 0.2) is 52.4 Å². The van der Waals surface area contributed by atoms with Crippen molar-refractivity contribution in [1.82, 2.24) is 5.32 Å². The van der Waals surface area contributed by atoms with Crippen molar-refractivity contribution in [2.75, 3.05) is 18.1 Å². The lowest BCUT2D eigenvalue weighted by molar-refractivity contribution is 0.947. The standard InChI is InChI=1S/C13H14NS2/c1-2-6-12(7-3-1)15-10-11-16-13-8-4-5-9-14-13/h1-7,14H,9-11H2. The Bertz CT molecular complexity index is 371. The third-order valence-corrected chi connectivity index (χ3v) is 4.29. The van der Waals surface area contributed by atoms with Gasteiger partial charge in [-0.05, 0) is 12.1 Å². The predicted octanol–water partition coefficient (Wildman–Crippen LogP) is 3.32. The summed E-state index contributed by atoms with van der Waals surface area (Å²) in [6.07, 6.45) is 7.26. The van der Waals surface area contributed by atoms with E-state index in [1.54, 1.807) is 0 Å². The van der Waals surface area contributed by atoms with Gasteiger partial charge in [-0.15, -0.1) is 23.5 Å². The van der Waals surface area contributed by atoms with E-state index in [4.69, 9.17) is 0 Å². The molecule has 0 spiro atoms. The second-order valence-electron chi connectivity index (χ2n) is 3.27. The van der Waals surface area contributed by atoms with E-state index >= 15 is 0 Å². The first-order chi connectivity index (χ1) is 7.95. The molecule has 0 amide bonds. The highest BCUT2D eigenvalue weighted by molar-refractivity contribution is 8.05. The van der Waals surface area contributed by atoms with Gasteiger partial charge in [0.05, 0.1) is 5.03 Å². The van der Waals surface area contributed by atoms with Crippen LogP contribution < -0.4 is 5.32 Å². The van der Waals surface area contributed by atoms with Crippen LogP contribution in [-0.2, 0) is 0 Å². The van der Waals surface area contributed by atoms with Crippen molar-refractivity contribution in [3.8, 4) is 0 Å². The molecule has 0 atom stereocenters. The van der Waals surface area contributed by atoms with Crippen molar-refractivity contribution in [1.29, 1.82) is 0 Å². The fraction of sp³-hybridized carbons (Fsp3) is 0.231. The number of hydrogen-bond acceptors (Lipinski definition) is 3. The molecule has 0 aromatic heterocycles. The molecule has 1 aromatic rings. The maximum absolute atomic E-state index is 3.29. The Morgan fingerprint density at radius 1 is 1.12 bits per heavy atom. The summed E-state index contributed by atoms with van der Waals surface area (Å²) in [6.45, 7) is 0.932. The van der Waals surface area contributed by atoms with Crippen LogP contribution in [0.5, 0.6) is 0 Å². The van der Waals surface area contributed by atoms with Crippen molar-refractivity contribution < 1.29 is 0 Å². The van der Waals surface area contributed by atoms with Gasteiger partial charge < -0.3 is 5.32 Å². The number of thioether (sulfide) groups is 2. The molecule has 1 radical (unpaired) electrons. The Balaban J connectivity index is 1.65. The van der Waals surface area contributed by atoms with Crippen LogP contribution in [0.2, 0.25) is 0 Å². The minimum atomic E-state index is 0.932. The third kappa shape index (κ3) is 3.99. The summed E-state index contributed by atoms with van der Waals surface area (Å²) in [5.41, 5.74) is 0. The second kappa shape index (κ2) is 6.71. The molecule has 2 rings (SSSR count). The number of nitrogens with one attached hydrogen (secondary N) is 1. The second-order valence-corrected chi connectivity index (χ2v) is 5.54. The zero-order chi connectivity index (χ0) is 11.1. The molecule has 0 bridgehead atoms. The summed E-state index contributed by atoms with van der Waals surface area (Å²) in [4.78, 5) is 1.34. The summed E-state index contributed by atoms with van der Waals surface area (Å²) in [5, 5.41) is 4.45. The van der Waals surface area contributed by atoms with Crippen LogP contribution >= 0.6 is 23.5 Å². The molecular formula is C13H14NS2. The van der Waals surface area contributed by atoms with E-state index < -0.39 is 0 Å². The average Bonchev–Trinajstić information content (AvgIpc) is 2.37. The summed E-state index contributed by atoms with van der Waals surface area (Å²) in [5.74, 6) is 2.24. The van der Waals surface area contributed by atoms with E-state index in [0.717, 1.165) is 23.1 Å². The van der Waals surface area contributed by atoms with Gasteiger partial charge in [-0.2, -0.15) is 0 Å². The van der Waals surface area contributed by atoms with E-state index in [2.05, 4.69) is 47.8 Å². The summed E-state index contributed by atoms with van der Waals surface area (Å²) >= 11 is 3.74. The van der Waals surface area contributed by atoms with Crippen molar-refractivity contribution in [2.24, 2.45) is 0 Å². The highest BCUT2D eigenvalue weighted by Gasteiger charge is 1.99. The van der Waals surface area contributed by atoms with Gasteiger partial charge in [0.2, 0.25) is 0 Å². The number of benzene rings is 1. The molecule has 0 unspecified atom stereocenters. The number of allylic oxidation sites excluding steroid dienone is 2. The summed E-state index contributed by atoms with van der Waals surface area (Å²) in [6, 6.07) is 10.5. The Kier molecular flexibility index (Phi) is 4.90. The van der Waals surface area contributed by atoms with Crippen molar-refractivity contribution in [2.45, 2.75) is 4.90 Å². The predicted molar refractivity (Wildman–Crippen MR) is 73.5 cm³/mol. The number of dihydropyridines is 1. The highest BCUT2D eigenvalue weighted by Crippen LogP contribution is 2.21. The van der Waals surface area contributed by atoms with E-state index in [9.17, 15) is 0 Å². The van der Waals surface area contributed by atoms with Gasteiger partial charge >= 0.3 is 0 Å². The fourth-order valence-electron chi connectivity index (χ4n) is 1.31. The van der Waals surface area contributed by atoms with Crippen molar-refractivity contribution >= 4 is 23.5 Å².